The van der Waals surface area contributed by atoms with Crippen molar-refractivity contribution in [1.29, 1.82) is 0 Å². The Morgan fingerprint density at radius 3 is 2.67 bits per heavy atom. The van der Waals surface area contributed by atoms with Crippen molar-refractivity contribution in [3.8, 4) is 5.75 Å². The number of imide groups is 1. The van der Waals surface area contributed by atoms with Gasteiger partial charge in [0.1, 0.15) is 11.8 Å². The molecule has 0 bridgehead atoms. The Morgan fingerprint density at radius 1 is 1.37 bits per heavy atom. The number of halogens is 1. The topological polar surface area (TPSA) is 110 Å². The van der Waals surface area contributed by atoms with Crippen LogP contribution < -0.4 is 4.74 Å². The van der Waals surface area contributed by atoms with E-state index in [0.29, 0.717) is 15.8 Å². The second-order valence-electron chi connectivity index (χ2n) is 5.35. The summed E-state index contributed by atoms with van der Waals surface area (Å²) in [5.41, 5.74) is 0.596. The number of carbonyl (C=O) groups is 4. The number of carbonyl (C=O) groups excluding carboxylic acids is 3. The van der Waals surface area contributed by atoms with Crippen molar-refractivity contribution < 1.29 is 33.8 Å². The number of hydrogen-bond acceptors (Lipinski definition) is 7. The smallest absolute Gasteiger partial charge is 0.341 e. The molecule has 1 aliphatic heterocycles. The number of thioether (sulfide) groups is 1. The molecule has 27 heavy (non-hydrogen) atoms. The summed E-state index contributed by atoms with van der Waals surface area (Å²) in [6, 6.07) is 3.77. The molecule has 0 unspecified atom stereocenters. The molecule has 1 saturated heterocycles. The van der Waals surface area contributed by atoms with Crippen LogP contribution in [-0.4, -0.2) is 52.3 Å². The highest BCUT2D eigenvalue weighted by Gasteiger charge is 2.41. The Bertz CT molecular complexity index is 823. The molecule has 1 aromatic carbocycles. The third kappa shape index (κ3) is 5.10. The predicted octanol–water partition coefficient (Wildman–Crippen LogP) is 2.90. The van der Waals surface area contributed by atoms with Crippen LogP contribution in [0.3, 0.4) is 0 Å². The van der Waals surface area contributed by atoms with Gasteiger partial charge < -0.3 is 14.6 Å². The summed E-state index contributed by atoms with van der Waals surface area (Å²) in [7, 11) is 0. The quantitative estimate of drug-likeness (QED) is 0.491. The first-order valence-electron chi connectivity index (χ1n) is 7.82. The summed E-state index contributed by atoms with van der Waals surface area (Å²) in [5.74, 6) is -1.99. The van der Waals surface area contributed by atoms with Crippen LogP contribution in [0.15, 0.2) is 27.6 Å². The number of esters is 1. The summed E-state index contributed by atoms with van der Waals surface area (Å²) in [6.45, 7) is 2.74. The standard InChI is InChI=1S/C17H16BrNO7S/c1-3-25-16(23)9(2)19-15(22)13(27-17(19)24)7-10-4-5-12(11(18)6-10)26-8-14(20)21/h4-7,9H,3,8H2,1-2H3,(H,20,21)/b13-7+/t9-/m1/s1. The van der Waals surface area contributed by atoms with Gasteiger partial charge in [-0.2, -0.15) is 0 Å². The zero-order valence-electron chi connectivity index (χ0n) is 14.4. The SMILES string of the molecule is CCOC(=O)[C@@H](C)N1C(=O)S/C(=C/c2ccc(OCC(=O)O)c(Br)c2)C1=O. The number of amides is 2. The molecular weight excluding hydrogens is 442 g/mol. The van der Waals surface area contributed by atoms with Gasteiger partial charge in [-0.05, 0) is 65.3 Å². The van der Waals surface area contributed by atoms with E-state index in [1.165, 1.54) is 13.0 Å². The van der Waals surface area contributed by atoms with E-state index in [-0.39, 0.29) is 11.5 Å². The number of nitrogens with zero attached hydrogens (tertiary/aromatic N) is 1. The molecule has 10 heteroatoms. The summed E-state index contributed by atoms with van der Waals surface area (Å²) in [5, 5.41) is 8.10. The van der Waals surface area contributed by atoms with Gasteiger partial charge in [-0.15, -0.1) is 0 Å². The van der Waals surface area contributed by atoms with Crippen LogP contribution in [0.4, 0.5) is 4.79 Å². The van der Waals surface area contributed by atoms with E-state index in [2.05, 4.69) is 15.9 Å². The molecular formula is C17H16BrNO7S. The number of ether oxygens (including phenoxy) is 2. The summed E-state index contributed by atoms with van der Waals surface area (Å²) < 4.78 is 10.5. The molecule has 1 atom stereocenters. The lowest BCUT2D eigenvalue weighted by atomic mass is 10.2. The van der Waals surface area contributed by atoms with Gasteiger partial charge in [0.25, 0.3) is 11.1 Å². The lowest BCUT2D eigenvalue weighted by Gasteiger charge is -2.19. The second-order valence-corrected chi connectivity index (χ2v) is 7.20. The van der Waals surface area contributed by atoms with Gasteiger partial charge in [-0.25, -0.2) is 9.59 Å². The molecule has 0 radical (unpaired) electrons. The average molecular weight is 458 g/mol. The van der Waals surface area contributed by atoms with Gasteiger partial charge in [0.2, 0.25) is 0 Å². The number of carboxylic acid groups (broad SMARTS) is 1. The first-order valence-corrected chi connectivity index (χ1v) is 9.43. The highest BCUT2D eigenvalue weighted by atomic mass is 79.9. The maximum absolute atomic E-state index is 12.5. The van der Waals surface area contributed by atoms with Crippen LogP contribution in [0.2, 0.25) is 0 Å². The Balaban J connectivity index is 2.18. The van der Waals surface area contributed by atoms with E-state index in [1.807, 2.05) is 0 Å². The summed E-state index contributed by atoms with van der Waals surface area (Å²) in [4.78, 5) is 48.1. The monoisotopic (exact) mass is 457 g/mol. The van der Waals surface area contributed by atoms with Crippen LogP contribution in [-0.2, 0) is 19.1 Å². The van der Waals surface area contributed by atoms with Gasteiger partial charge >= 0.3 is 11.9 Å². The summed E-state index contributed by atoms with van der Waals surface area (Å²) in [6.07, 6.45) is 1.51. The maximum Gasteiger partial charge on any atom is 0.341 e. The van der Waals surface area contributed by atoms with Gasteiger partial charge in [0, 0.05) is 0 Å². The molecule has 2 amide bonds. The van der Waals surface area contributed by atoms with Crippen LogP contribution in [0.1, 0.15) is 19.4 Å². The van der Waals surface area contributed by atoms with E-state index in [0.717, 1.165) is 16.7 Å². The van der Waals surface area contributed by atoms with Crippen LogP contribution in [0.25, 0.3) is 6.08 Å². The fraction of sp³-hybridized carbons (Fsp3) is 0.294. The fourth-order valence-electron chi connectivity index (χ4n) is 2.20. The van der Waals surface area contributed by atoms with Crippen molar-refractivity contribution in [2.75, 3.05) is 13.2 Å². The molecule has 1 N–H and O–H groups in total. The molecule has 1 fully saturated rings. The minimum absolute atomic E-state index is 0.152. The number of aliphatic carboxylic acids is 1. The number of carboxylic acids is 1. The van der Waals surface area contributed by atoms with Crippen LogP contribution in [0, 0.1) is 0 Å². The van der Waals surface area contributed by atoms with Crippen molar-refractivity contribution >= 4 is 56.9 Å². The van der Waals surface area contributed by atoms with E-state index < -0.39 is 35.7 Å². The number of hydrogen-bond donors (Lipinski definition) is 1. The van der Waals surface area contributed by atoms with Gasteiger partial charge in [-0.1, -0.05) is 6.07 Å². The van der Waals surface area contributed by atoms with Gasteiger partial charge in [0.15, 0.2) is 6.61 Å². The van der Waals surface area contributed by atoms with Crippen molar-refractivity contribution in [3.05, 3.63) is 33.1 Å². The van der Waals surface area contributed by atoms with E-state index in [9.17, 15) is 19.2 Å². The first-order chi connectivity index (χ1) is 12.7. The van der Waals surface area contributed by atoms with Crippen molar-refractivity contribution in [3.63, 3.8) is 0 Å². The fourth-order valence-corrected chi connectivity index (χ4v) is 3.62. The van der Waals surface area contributed by atoms with Gasteiger partial charge in [0.05, 0.1) is 16.0 Å². The van der Waals surface area contributed by atoms with Crippen molar-refractivity contribution in [1.82, 2.24) is 4.90 Å². The third-order valence-electron chi connectivity index (χ3n) is 3.44. The number of benzene rings is 1. The molecule has 144 valence electrons. The molecule has 1 heterocycles. The number of rotatable bonds is 7. The molecule has 2 rings (SSSR count). The highest BCUT2D eigenvalue weighted by molar-refractivity contribution is 9.10. The highest BCUT2D eigenvalue weighted by Crippen LogP contribution is 2.35. The minimum Gasteiger partial charge on any atom is -0.481 e. The Morgan fingerprint density at radius 2 is 2.07 bits per heavy atom. The summed E-state index contributed by atoms with van der Waals surface area (Å²) >= 11 is 4.00. The lowest BCUT2D eigenvalue weighted by molar-refractivity contribution is -0.150. The first kappa shape index (κ1) is 21.0. The predicted molar refractivity (Wildman–Crippen MR) is 101 cm³/mol. The van der Waals surface area contributed by atoms with Crippen LogP contribution in [0.5, 0.6) is 5.75 Å². The van der Waals surface area contributed by atoms with Gasteiger partial charge in [-0.3, -0.25) is 14.5 Å². The normalized spacial score (nSPS) is 16.6. The molecule has 1 aliphatic rings. The molecule has 0 saturated carbocycles. The maximum atomic E-state index is 12.5. The zero-order valence-corrected chi connectivity index (χ0v) is 16.8. The molecule has 8 nitrogen and oxygen atoms in total. The molecule has 0 aromatic heterocycles. The largest absolute Gasteiger partial charge is 0.481 e. The van der Waals surface area contributed by atoms with E-state index >= 15 is 0 Å². The average Bonchev–Trinajstić information content (AvgIpc) is 2.87. The minimum atomic E-state index is -1.10. The van der Waals surface area contributed by atoms with Crippen molar-refractivity contribution in [2.24, 2.45) is 0 Å². The van der Waals surface area contributed by atoms with E-state index in [4.69, 9.17) is 14.6 Å². The molecule has 1 aromatic rings. The molecule has 0 spiro atoms. The Kier molecular flexibility index (Phi) is 7.03. The van der Waals surface area contributed by atoms with Crippen molar-refractivity contribution in [2.45, 2.75) is 19.9 Å². The Labute approximate surface area is 167 Å². The second kappa shape index (κ2) is 9.05. The van der Waals surface area contributed by atoms with E-state index in [1.54, 1.807) is 25.1 Å². The molecule has 0 aliphatic carbocycles. The third-order valence-corrected chi connectivity index (χ3v) is 4.95. The zero-order chi connectivity index (χ0) is 20.1. The van der Waals surface area contributed by atoms with Crippen LogP contribution >= 0.6 is 27.7 Å². The Hall–Kier alpha value is -2.33. The lowest BCUT2D eigenvalue weighted by Crippen LogP contribution is -2.42.